The molecule has 1 saturated heterocycles. The number of amides is 1. The molecule has 1 atom stereocenters. The largest absolute Gasteiger partial charge is 0.465 e. The van der Waals surface area contributed by atoms with E-state index in [1.165, 1.54) is 23.1 Å². The van der Waals surface area contributed by atoms with Crippen molar-refractivity contribution in [3.8, 4) is 0 Å². The maximum atomic E-state index is 14.2. The highest BCUT2D eigenvalue weighted by Crippen LogP contribution is 2.48. The Bertz CT molecular complexity index is 601. The van der Waals surface area contributed by atoms with E-state index >= 15 is 0 Å². The molecule has 0 spiro atoms. The number of carbonyl (C=O) groups is 2. The molecule has 5 nitrogen and oxygen atoms in total. The van der Waals surface area contributed by atoms with Gasteiger partial charge >= 0.3 is 5.97 Å². The highest BCUT2D eigenvalue weighted by molar-refractivity contribution is 5.85. The number of rotatable bonds is 4. The number of anilines is 1. The van der Waals surface area contributed by atoms with Crippen molar-refractivity contribution in [2.24, 2.45) is 5.41 Å². The van der Waals surface area contributed by atoms with Crippen LogP contribution in [0.25, 0.3) is 0 Å². The van der Waals surface area contributed by atoms with E-state index in [1.807, 2.05) is 13.8 Å². The lowest BCUT2D eigenvalue weighted by atomic mass is 9.80. The van der Waals surface area contributed by atoms with E-state index < -0.39 is 23.2 Å². The van der Waals surface area contributed by atoms with E-state index in [2.05, 4.69) is 0 Å². The molecule has 1 aromatic carbocycles. The minimum Gasteiger partial charge on any atom is -0.465 e. The number of nitrogens with two attached hydrogens (primary N) is 1. The molecular weight excluding hydrogens is 287 g/mol. The molecule has 1 amide bonds. The molecule has 0 radical (unpaired) electrons. The zero-order valence-electron chi connectivity index (χ0n) is 13.1. The highest BCUT2D eigenvalue weighted by atomic mass is 19.1. The van der Waals surface area contributed by atoms with Crippen LogP contribution in [-0.4, -0.2) is 29.9 Å². The van der Waals surface area contributed by atoms with Crippen molar-refractivity contribution in [2.45, 2.75) is 33.2 Å². The molecule has 0 aromatic heterocycles. The molecule has 0 unspecified atom stereocenters. The second-order valence-corrected chi connectivity index (χ2v) is 6.18. The van der Waals surface area contributed by atoms with Crippen molar-refractivity contribution >= 4 is 17.6 Å². The molecule has 0 saturated carbocycles. The Balaban J connectivity index is 2.40. The maximum Gasteiger partial charge on any atom is 0.325 e. The zero-order valence-corrected chi connectivity index (χ0v) is 13.1. The van der Waals surface area contributed by atoms with Crippen molar-refractivity contribution in [3.05, 3.63) is 29.6 Å². The third kappa shape index (κ3) is 3.05. The van der Waals surface area contributed by atoms with Gasteiger partial charge in [0.25, 0.3) is 0 Å². The Morgan fingerprint density at radius 1 is 1.50 bits per heavy atom. The lowest BCUT2D eigenvalue weighted by Crippen LogP contribution is -2.36. The van der Waals surface area contributed by atoms with E-state index in [0.29, 0.717) is 11.3 Å². The minimum atomic E-state index is -0.548. The van der Waals surface area contributed by atoms with E-state index in [1.54, 1.807) is 6.92 Å². The van der Waals surface area contributed by atoms with Gasteiger partial charge in [-0.15, -0.1) is 0 Å². The summed E-state index contributed by atoms with van der Waals surface area (Å²) < 4.78 is 19.1. The number of ether oxygens (including phenoxy) is 1. The maximum absolute atomic E-state index is 14.2. The number of esters is 1. The monoisotopic (exact) mass is 308 g/mol. The van der Waals surface area contributed by atoms with Crippen LogP contribution in [0.15, 0.2) is 18.2 Å². The number of likely N-dealkylation sites (tertiary alicyclic amines) is 1. The molecule has 120 valence electrons. The highest BCUT2D eigenvalue weighted by Gasteiger charge is 2.48. The molecule has 1 fully saturated rings. The summed E-state index contributed by atoms with van der Waals surface area (Å²) in [6, 6.07) is 3.73. The molecular formula is C16H21FN2O3. The molecule has 0 bridgehead atoms. The average Bonchev–Trinajstić information content (AvgIpc) is 2.62. The van der Waals surface area contributed by atoms with Crippen LogP contribution in [0.5, 0.6) is 0 Å². The number of hydrogen-bond donors (Lipinski definition) is 1. The van der Waals surface area contributed by atoms with Gasteiger partial charge < -0.3 is 15.4 Å². The number of carbonyl (C=O) groups excluding carboxylic acids is 2. The zero-order chi connectivity index (χ0) is 16.5. The van der Waals surface area contributed by atoms with E-state index in [9.17, 15) is 14.0 Å². The van der Waals surface area contributed by atoms with Gasteiger partial charge in [0.15, 0.2) is 0 Å². The number of halogens is 1. The van der Waals surface area contributed by atoms with Crippen LogP contribution in [0.2, 0.25) is 0 Å². The molecule has 2 rings (SSSR count). The fourth-order valence-corrected chi connectivity index (χ4v) is 3.04. The fourth-order valence-electron chi connectivity index (χ4n) is 3.04. The van der Waals surface area contributed by atoms with Crippen molar-refractivity contribution in [3.63, 3.8) is 0 Å². The van der Waals surface area contributed by atoms with Crippen LogP contribution >= 0.6 is 0 Å². The smallest absolute Gasteiger partial charge is 0.325 e. The molecule has 1 aromatic rings. The van der Waals surface area contributed by atoms with Crippen LogP contribution in [0.1, 0.15) is 38.8 Å². The summed E-state index contributed by atoms with van der Waals surface area (Å²) in [6.45, 7) is 5.51. The Morgan fingerprint density at radius 3 is 2.82 bits per heavy atom. The van der Waals surface area contributed by atoms with Gasteiger partial charge in [0, 0.05) is 17.7 Å². The second-order valence-electron chi connectivity index (χ2n) is 6.18. The van der Waals surface area contributed by atoms with Crippen molar-refractivity contribution < 1.29 is 18.7 Å². The van der Waals surface area contributed by atoms with Crippen LogP contribution in [0.3, 0.4) is 0 Å². The van der Waals surface area contributed by atoms with Crippen molar-refractivity contribution in [1.82, 2.24) is 4.90 Å². The van der Waals surface area contributed by atoms with E-state index in [4.69, 9.17) is 10.5 Å². The SMILES string of the molecule is CCOC(=O)CN1C(=O)CC(C)(C)[C@H]1c1cc(N)ccc1F. The van der Waals surface area contributed by atoms with Gasteiger partial charge in [-0.25, -0.2) is 4.39 Å². The van der Waals surface area contributed by atoms with Gasteiger partial charge in [0.1, 0.15) is 12.4 Å². The third-order valence-electron chi connectivity index (χ3n) is 3.90. The first-order valence-electron chi connectivity index (χ1n) is 7.26. The van der Waals surface area contributed by atoms with Gasteiger partial charge in [-0.1, -0.05) is 13.8 Å². The minimum absolute atomic E-state index is 0.186. The lowest BCUT2D eigenvalue weighted by molar-refractivity contribution is -0.148. The van der Waals surface area contributed by atoms with E-state index in [-0.39, 0.29) is 25.5 Å². The Morgan fingerprint density at radius 2 is 2.18 bits per heavy atom. The van der Waals surface area contributed by atoms with Crippen LogP contribution in [0.4, 0.5) is 10.1 Å². The van der Waals surface area contributed by atoms with Gasteiger partial charge in [0.05, 0.1) is 12.6 Å². The molecule has 22 heavy (non-hydrogen) atoms. The van der Waals surface area contributed by atoms with Gasteiger partial charge in [0.2, 0.25) is 5.91 Å². The Kier molecular flexibility index (Phi) is 4.39. The predicted molar refractivity (Wildman–Crippen MR) is 80.3 cm³/mol. The van der Waals surface area contributed by atoms with E-state index in [0.717, 1.165) is 0 Å². The Hall–Kier alpha value is -2.11. The van der Waals surface area contributed by atoms with Crippen molar-refractivity contribution in [1.29, 1.82) is 0 Å². The summed E-state index contributed by atoms with van der Waals surface area (Å²) >= 11 is 0. The fraction of sp³-hybridized carbons (Fsp3) is 0.500. The standard InChI is InChI=1S/C16H21FN2O3/c1-4-22-14(21)9-19-13(20)8-16(2,3)15(19)11-7-10(18)5-6-12(11)17/h5-7,15H,4,8-9,18H2,1-3H3/t15-/m1/s1. The summed E-state index contributed by atoms with van der Waals surface area (Å²) in [6.07, 6.45) is 0.241. The first-order chi connectivity index (χ1) is 10.3. The number of hydrogen-bond acceptors (Lipinski definition) is 4. The average molecular weight is 308 g/mol. The predicted octanol–water partition coefficient (Wildman–Crippen LogP) is 2.27. The number of nitrogen functional groups attached to an aromatic ring is 1. The van der Waals surface area contributed by atoms with Gasteiger partial charge in [-0.3, -0.25) is 9.59 Å². The summed E-state index contributed by atoms with van der Waals surface area (Å²) in [5.41, 5.74) is 6.00. The Labute approximate surface area is 129 Å². The van der Waals surface area contributed by atoms with Crippen LogP contribution in [-0.2, 0) is 14.3 Å². The molecule has 1 heterocycles. The molecule has 1 aliphatic rings. The second kappa shape index (κ2) is 5.94. The summed E-state index contributed by atoms with van der Waals surface area (Å²) in [7, 11) is 0. The number of nitrogens with zero attached hydrogens (tertiary/aromatic N) is 1. The molecule has 2 N–H and O–H groups in total. The van der Waals surface area contributed by atoms with Gasteiger partial charge in [-0.2, -0.15) is 0 Å². The molecule has 6 heteroatoms. The summed E-state index contributed by atoms with van der Waals surface area (Å²) in [5, 5.41) is 0. The number of benzene rings is 1. The normalized spacial score (nSPS) is 20.3. The van der Waals surface area contributed by atoms with Gasteiger partial charge in [-0.05, 0) is 30.5 Å². The first kappa shape index (κ1) is 16.3. The van der Waals surface area contributed by atoms with Crippen LogP contribution in [0, 0.1) is 11.2 Å². The summed E-state index contributed by atoms with van der Waals surface area (Å²) in [4.78, 5) is 25.4. The quantitative estimate of drug-likeness (QED) is 0.684. The van der Waals surface area contributed by atoms with Crippen LogP contribution < -0.4 is 5.73 Å². The molecule has 0 aliphatic carbocycles. The first-order valence-corrected chi connectivity index (χ1v) is 7.26. The molecule has 1 aliphatic heterocycles. The third-order valence-corrected chi connectivity index (χ3v) is 3.90. The topological polar surface area (TPSA) is 72.6 Å². The lowest BCUT2D eigenvalue weighted by Gasteiger charge is -2.32. The van der Waals surface area contributed by atoms with Crippen molar-refractivity contribution in [2.75, 3.05) is 18.9 Å². The summed E-state index contributed by atoms with van der Waals surface area (Å²) in [5.74, 6) is -1.12.